The van der Waals surface area contributed by atoms with Gasteiger partial charge in [0.05, 0.1) is 16.6 Å². The van der Waals surface area contributed by atoms with Crippen LogP contribution in [-0.4, -0.2) is 60.7 Å². The van der Waals surface area contributed by atoms with Crippen LogP contribution in [0.1, 0.15) is 49.8 Å². The van der Waals surface area contributed by atoms with Crippen LogP contribution in [0.25, 0.3) is 0 Å². The van der Waals surface area contributed by atoms with Crippen molar-refractivity contribution < 1.29 is 36.6 Å². The molecule has 206 valence electrons. The number of alkyl halides is 3. The predicted molar refractivity (Wildman–Crippen MR) is 135 cm³/mol. The maximum Gasteiger partial charge on any atom is 0.416 e. The van der Waals surface area contributed by atoms with Crippen molar-refractivity contribution in [1.82, 2.24) is 9.62 Å². The smallest absolute Gasteiger partial charge is 0.416 e. The second-order valence-corrected chi connectivity index (χ2v) is 11.8. The molecule has 2 aromatic rings. The number of aliphatic carboxylic acids is 1. The fraction of sp³-hybridized carbons (Fsp3) is 0.500. The number of β-amino-alcohol motifs (C(OH)–C–C–N with tert-alkyl or cyclic N) is 1. The molecule has 0 aliphatic rings. The van der Waals surface area contributed by atoms with E-state index in [1.807, 2.05) is 32.0 Å². The summed E-state index contributed by atoms with van der Waals surface area (Å²) >= 11 is 0. The molecule has 0 amide bonds. The molecule has 0 aliphatic carbocycles. The molecule has 0 bridgehead atoms. The van der Waals surface area contributed by atoms with E-state index in [0.29, 0.717) is 12.1 Å². The average molecular weight is 545 g/mol. The first-order valence-corrected chi connectivity index (χ1v) is 13.4. The summed E-state index contributed by atoms with van der Waals surface area (Å²) < 4.78 is 66.6. The van der Waals surface area contributed by atoms with Crippen LogP contribution in [-0.2, 0) is 33.8 Å². The second kappa shape index (κ2) is 12.9. The monoisotopic (exact) mass is 544 g/mol. The van der Waals surface area contributed by atoms with Crippen LogP contribution in [0, 0.1) is 0 Å². The topological polar surface area (TPSA) is 107 Å². The molecule has 0 unspecified atom stereocenters. The summed E-state index contributed by atoms with van der Waals surface area (Å²) in [5, 5.41) is 22.7. The Bertz CT molecular complexity index is 1140. The molecule has 11 heteroatoms. The van der Waals surface area contributed by atoms with Crippen LogP contribution in [0.3, 0.4) is 0 Å². The first-order valence-electron chi connectivity index (χ1n) is 12.0. The number of sulfonamides is 1. The Hall–Kier alpha value is -2.47. The first-order chi connectivity index (χ1) is 17.1. The standard InChI is InChI=1S/C26H35F3N2O5S/c1-25(2,15-7-10-19-8-5-4-6-9-19)30-17-22(32)18-31(3)37(35,36)23-13-12-21(26(27,28)29)16-20(23)11-14-24(33)34/h4-6,8-9,12-13,16,22,30,32H,7,10-11,14-15,17-18H2,1-3H3,(H,33,34)/t22-/m1/s1. The Kier molecular flexibility index (Phi) is 10.7. The SMILES string of the molecule is CN(C[C@H](O)CNC(C)(C)CCCc1ccccc1)S(=O)(=O)c1ccc(C(F)(F)F)cc1CCC(=O)O. The second-order valence-electron chi connectivity index (χ2n) is 9.76. The minimum absolute atomic E-state index is 0.108. The van der Waals surface area contributed by atoms with E-state index in [0.717, 1.165) is 29.6 Å². The highest BCUT2D eigenvalue weighted by Gasteiger charge is 2.33. The van der Waals surface area contributed by atoms with E-state index in [1.54, 1.807) is 0 Å². The number of hydrogen-bond donors (Lipinski definition) is 3. The molecule has 0 aliphatic heterocycles. The summed E-state index contributed by atoms with van der Waals surface area (Å²) in [4.78, 5) is 10.6. The van der Waals surface area contributed by atoms with E-state index in [-0.39, 0.29) is 30.6 Å². The largest absolute Gasteiger partial charge is 0.481 e. The van der Waals surface area contributed by atoms with Crippen LogP contribution in [0.4, 0.5) is 13.2 Å². The zero-order chi connectivity index (χ0) is 27.9. The van der Waals surface area contributed by atoms with Gasteiger partial charge in [-0.1, -0.05) is 30.3 Å². The number of nitrogens with one attached hydrogen (secondary N) is 1. The molecular weight excluding hydrogens is 509 g/mol. The highest BCUT2D eigenvalue weighted by Crippen LogP contribution is 2.32. The predicted octanol–water partition coefficient (Wildman–Crippen LogP) is 4.10. The Morgan fingerprint density at radius 1 is 1.08 bits per heavy atom. The van der Waals surface area contributed by atoms with Gasteiger partial charge in [0.1, 0.15) is 0 Å². The van der Waals surface area contributed by atoms with Crippen LogP contribution in [0.2, 0.25) is 0 Å². The molecule has 3 N–H and O–H groups in total. The van der Waals surface area contributed by atoms with E-state index < -0.39 is 45.2 Å². The van der Waals surface area contributed by atoms with E-state index in [9.17, 15) is 31.5 Å². The number of aliphatic hydroxyl groups is 1. The molecule has 0 radical (unpaired) electrons. The van der Waals surface area contributed by atoms with Crippen LogP contribution >= 0.6 is 0 Å². The highest BCUT2D eigenvalue weighted by molar-refractivity contribution is 7.89. The molecule has 37 heavy (non-hydrogen) atoms. The molecule has 0 spiro atoms. The van der Waals surface area contributed by atoms with Gasteiger partial charge in [-0.05, 0) is 68.9 Å². The Morgan fingerprint density at radius 2 is 1.73 bits per heavy atom. The Labute approximate surface area is 216 Å². The lowest BCUT2D eigenvalue weighted by atomic mass is 9.95. The van der Waals surface area contributed by atoms with Crippen LogP contribution < -0.4 is 5.32 Å². The van der Waals surface area contributed by atoms with Crippen molar-refractivity contribution >= 4 is 16.0 Å². The summed E-state index contributed by atoms with van der Waals surface area (Å²) in [5.74, 6) is -1.26. The summed E-state index contributed by atoms with van der Waals surface area (Å²) in [6.07, 6.45) is -4.05. The summed E-state index contributed by atoms with van der Waals surface area (Å²) in [6, 6.07) is 12.2. The molecule has 1 atom stereocenters. The first kappa shape index (κ1) is 30.8. The van der Waals surface area contributed by atoms with Crippen LogP contribution in [0.5, 0.6) is 0 Å². The number of carbonyl (C=O) groups is 1. The molecule has 0 saturated heterocycles. The average Bonchev–Trinajstić information content (AvgIpc) is 2.81. The van der Waals surface area contributed by atoms with Crippen molar-refractivity contribution in [2.45, 2.75) is 68.7 Å². The number of rotatable bonds is 14. The van der Waals surface area contributed by atoms with Crippen molar-refractivity contribution in [2.75, 3.05) is 20.1 Å². The number of nitrogens with zero attached hydrogens (tertiary/aromatic N) is 1. The lowest BCUT2D eigenvalue weighted by Gasteiger charge is -2.29. The number of aryl methyl sites for hydroxylation is 2. The van der Waals surface area contributed by atoms with E-state index in [1.165, 1.54) is 12.6 Å². The van der Waals surface area contributed by atoms with E-state index in [4.69, 9.17) is 5.11 Å². The number of carboxylic acid groups (broad SMARTS) is 1. The number of carboxylic acids is 1. The Balaban J connectivity index is 2.02. The van der Waals surface area contributed by atoms with Crippen molar-refractivity contribution in [3.8, 4) is 0 Å². The van der Waals surface area contributed by atoms with Gasteiger partial charge < -0.3 is 15.5 Å². The maximum absolute atomic E-state index is 13.2. The third-order valence-electron chi connectivity index (χ3n) is 6.08. The van der Waals surface area contributed by atoms with Crippen molar-refractivity contribution in [3.05, 3.63) is 65.2 Å². The molecule has 0 aromatic heterocycles. The minimum atomic E-state index is -4.71. The third-order valence-corrected chi connectivity index (χ3v) is 8.00. The van der Waals surface area contributed by atoms with Gasteiger partial charge in [-0.15, -0.1) is 0 Å². The van der Waals surface area contributed by atoms with Gasteiger partial charge in [-0.3, -0.25) is 4.79 Å². The van der Waals surface area contributed by atoms with Crippen molar-refractivity contribution in [1.29, 1.82) is 0 Å². The van der Waals surface area contributed by atoms with Gasteiger partial charge in [0.2, 0.25) is 10.0 Å². The number of aliphatic hydroxyl groups excluding tert-OH is 1. The quantitative estimate of drug-likeness (QED) is 0.331. The highest BCUT2D eigenvalue weighted by atomic mass is 32.2. The van der Waals surface area contributed by atoms with Crippen molar-refractivity contribution in [2.24, 2.45) is 0 Å². The summed E-state index contributed by atoms with van der Waals surface area (Å²) in [6.45, 7) is 3.79. The molecule has 0 heterocycles. The van der Waals surface area contributed by atoms with Gasteiger partial charge in [0, 0.05) is 32.1 Å². The molecule has 2 rings (SSSR count). The van der Waals surface area contributed by atoms with E-state index >= 15 is 0 Å². The van der Waals surface area contributed by atoms with Gasteiger partial charge >= 0.3 is 12.1 Å². The molecular formula is C26H35F3N2O5S. The van der Waals surface area contributed by atoms with Gasteiger partial charge in [-0.2, -0.15) is 17.5 Å². The number of likely N-dealkylation sites (N-methyl/N-ethyl adjacent to an activating group) is 1. The normalized spacial score (nSPS) is 13.6. The molecule has 2 aromatic carbocycles. The number of hydrogen-bond acceptors (Lipinski definition) is 5. The van der Waals surface area contributed by atoms with Gasteiger partial charge in [-0.25, -0.2) is 8.42 Å². The molecule has 7 nitrogen and oxygen atoms in total. The van der Waals surface area contributed by atoms with Crippen molar-refractivity contribution in [3.63, 3.8) is 0 Å². The summed E-state index contributed by atoms with van der Waals surface area (Å²) in [7, 11) is -3.06. The number of benzene rings is 2. The summed E-state index contributed by atoms with van der Waals surface area (Å²) in [5.41, 5.74) is -0.384. The van der Waals surface area contributed by atoms with Gasteiger partial charge in [0.15, 0.2) is 0 Å². The van der Waals surface area contributed by atoms with Gasteiger partial charge in [0.25, 0.3) is 0 Å². The molecule has 0 saturated carbocycles. The zero-order valence-electron chi connectivity index (χ0n) is 21.3. The number of halogens is 3. The fourth-order valence-electron chi connectivity index (χ4n) is 3.93. The lowest BCUT2D eigenvalue weighted by Crippen LogP contribution is -2.46. The third kappa shape index (κ3) is 9.73. The molecule has 0 fully saturated rings. The van der Waals surface area contributed by atoms with Crippen LogP contribution in [0.15, 0.2) is 53.4 Å². The fourth-order valence-corrected chi connectivity index (χ4v) is 5.37. The Morgan fingerprint density at radius 3 is 2.32 bits per heavy atom. The minimum Gasteiger partial charge on any atom is -0.481 e. The maximum atomic E-state index is 13.2. The van der Waals surface area contributed by atoms with E-state index in [2.05, 4.69) is 17.4 Å². The zero-order valence-corrected chi connectivity index (χ0v) is 22.1. The lowest BCUT2D eigenvalue weighted by molar-refractivity contribution is -0.137.